The van der Waals surface area contributed by atoms with E-state index in [0.29, 0.717) is 5.75 Å². The van der Waals surface area contributed by atoms with Crippen molar-refractivity contribution >= 4 is 35.0 Å². The maximum absolute atomic E-state index is 12.7. The van der Waals surface area contributed by atoms with Gasteiger partial charge in [0.25, 0.3) is 0 Å². The van der Waals surface area contributed by atoms with Crippen molar-refractivity contribution in [1.29, 1.82) is 0 Å². The molecule has 1 heterocycles. The zero-order chi connectivity index (χ0) is 22.0. The topological polar surface area (TPSA) is 49.4 Å². The van der Waals surface area contributed by atoms with Gasteiger partial charge in [-0.05, 0) is 53.6 Å². The van der Waals surface area contributed by atoms with Crippen LogP contribution in [-0.2, 0) is 15.0 Å². The van der Waals surface area contributed by atoms with Crippen molar-refractivity contribution < 1.29 is 9.59 Å². The number of nitrogens with one attached hydrogen (secondary N) is 1. The molecule has 5 heteroatoms. The molecule has 0 spiro atoms. The van der Waals surface area contributed by atoms with E-state index >= 15 is 0 Å². The average Bonchev–Trinajstić information content (AvgIpc) is 3.15. The third kappa shape index (κ3) is 4.98. The lowest BCUT2D eigenvalue weighted by Gasteiger charge is -2.26. The Balaban J connectivity index is 1.47. The van der Waals surface area contributed by atoms with E-state index in [1.165, 1.54) is 12.0 Å². The summed E-state index contributed by atoms with van der Waals surface area (Å²) in [5.41, 5.74) is 4.17. The van der Waals surface area contributed by atoms with Crippen LogP contribution in [0.5, 0.6) is 0 Å². The molecule has 0 bridgehead atoms. The number of rotatable bonds is 4. The number of amides is 2. The van der Waals surface area contributed by atoms with Gasteiger partial charge >= 0.3 is 0 Å². The molecule has 1 aliphatic heterocycles. The van der Waals surface area contributed by atoms with Crippen LogP contribution in [0, 0.1) is 5.92 Å². The van der Waals surface area contributed by atoms with Crippen molar-refractivity contribution in [2.45, 2.75) is 63.7 Å². The summed E-state index contributed by atoms with van der Waals surface area (Å²) in [6, 6.07) is 16.3. The number of carbonyl (C=O) groups is 2. The second-order valence-electron chi connectivity index (χ2n) is 9.67. The third-order valence-electron chi connectivity index (χ3n) is 6.32. The first-order valence-electron chi connectivity index (χ1n) is 11.3. The molecule has 1 saturated carbocycles. The molecule has 1 saturated heterocycles. The average molecular weight is 437 g/mol. The monoisotopic (exact) mass is 436 g/mol. The smallest absolute Gasteiger partial charge is 0.238 e. The number of nitrogens with zero attached hydrogens (tertiary/aromatic N) is 1. The number of thioether (sulfide) groups is 1. The molecule has 2 aromatic carbocycles. The highest BCUT2D eigenvalue weighted by molar-refractivity contribution is 8.00. The van der Waals surface area contributed by atoms with Gasteiger partial charge in [-0.15, -0.1) is 11.8 Å². The van der Waals surface area contributed by atoms with Gasteiger partial charge in [0.1, 0.15) is 5.37 Å². The molecule has 2 amide bonds. The van der Waals surface area contributed by atoms with Gasteiger partial charge in [-0.3, -0.25) is 14.5 Å². The maximum atomic E-state index is 12.7. The van der Waals surface area contributed by atoms with E-state index < -0.39 is 0 Å². The van der Waals surface area contributed by atoms with Crippen LogP contribution < -0.4 is 10.2 Å². The van der Waals surface area contributed by atoms with Crippen molar-refractivity contribution in [3.63, 3.8) is 0 Å². The number of anilines is 2. The molecule has 1 aliphatic carbocycles. The van der Waals surface area contributed by atoms with Crippen LogP contribution in [0.15, 0.2) is 48.5 Å². The molecule has 164 valence electrons. The first kappa shape index (κ1) is 21.9. The summed E-state index contributed by atoms with van der Waals surface area (Å²) in [6.45, 7) is 6.57. The summed E-state index contributed by atoms with van der Waals surface area (Å²) in [6.07, 6.45) is 5.53. The molecule has 2 aromatic rings. The van der Waals surface area contributed by atoms with Crippen LogP contribution in [0.1, 0.15) is 69.4 Å². The van der Waals surface area contributed by atoms with E-state index in [1.807, 2.05) is 29.2 Å². The fourth-order valence-electron chi connectivity index (χ4n) is 4.41. The third-order valence-corrected chi connectivity index (χ3v) is 7.53. The van der Waals surface area contributed by atoms with Crippen molar-refractivity contribution in [3.8, 4) is 0 Å². The summed E-state index contributed by atoms with van der Waals surface area (Å²) < 4.78 is 0. The Morgan fingerprint density at radius 1 is 0.968 bits per heavy atom. The second-order valence-corrected chi connectivity index (χ2v) is 10.7. The predicted octanol–water partition coefficient (Wildman–Crippen LogP) is 6.28. The highest BCUT2D eigenvalue weighted by Gasteiger charge is 2.34. The molecular formula is C26H32N2O2S. The van der Waals surface area contributed by atoms with Crippen LogP contribution in [-0.4, -0.2) is 17.6 Å². The molecule has 4 nitrogen and oxygen atoms in total. The highest BCUT2D eigenvalue weighted by atomic mass is 32.2. The van der Waals surface area contributed by atoms with Crippen LogP contribution in [0.25, 0.3) is 0 Å². The normalized spacial score (nSPS) is 20.2. The molecule has 1 N–H and O–H groups in total. The Hall–Kier alpha value is -2.27. The molecule has 0 radical (unpaired) electrons. The standard InChI is InChI=1S/C26H32N2O2S/c1-26(2,3)20-11-15-22(16-12-20)28-23(29)17-31-25(28)19-9-13-21(14-10-19)27-24(30)18-7-5-4-6-8-18/h9-16,18,25H,4-8,17H2,1-3H3,(H,27,30). The summed E-state index contributed by atoms with van der Waals surface area (Å²) in [5.74, 6) is 0.890. The zero-order valence-electron chi connectivity index (χ0n) is 18.7. The lowest BCUT2D eigenvalue weighted by atomic mass is 9.87. The highest BCUT2D eigenvalue weighted by Crippen LogP contribution is 2.42. The fraction of sp³-hybridized carbons (Fsp3) is 0.462. The Bertz CT molecular complexity index is 925. The van der Waals surface area contributed by atoms with E-state index in [4.69, 9.17) is 0 Å². The van der Waals surface area contributed by atoms with Crippen molar-refractivity contribution in [2.24, 2.45) is 5.92 Å². The van der Waals surface area contributed by atoms with E-state index in [9.17, 15) is 9.59 Å². The Labute approximate surface area is 189 Å². The van der Waals surface area contributed by atoms with Gasteiger partial charge in [0.05, 0.1) is 5.75 Å². The number of carbonyl (C=O) groups excluding carboxylic acids is 2. The molecule has 0 aromatic heterocycles. The van der Waals surface area contributed by atoms with Crippen LogP contribution in [0.3, 0.4) is 0 Å². The maximum Gasteiger partial charge on any atom is 0.238 e. The van der Waals surface area contributed by atoms with Gasteiger partial charge in [0, 0.05) is 17.3 Å². The Kier molecular flexibility index (Phi) is 6.42. The van der Waals surface area contributed by atoms with Crippen LogP contribution in [0.4, 0.5) is 11.4 Å². The van der Waals surface area contributed by atoms with Crippen molar-refractivity contribution in [3.05, 3.63) is 59.7 Å². The van der Waals surface area contributed by atoms with E-state index in [2.05, 4.69) is 50.4 Å². The van der Waals surface area contributed by atoms with Crippen LogP contribution in [0.2, 0.25) is 0 Å². The first-order chi connectivity index (χ1) is 14.8. The number of hydrogen-bond donors (Lipinski definition) is 1. The minimum Gasteiger partial charge on any atom is -0.326 e. The van der Waals surface area contributed by atoms with Crippen molar-refractivity contribution in [1.82, 2.24) is 0 Å². The van der Waals surface area contributed by atoms with Gasteiger partial charge < -0.3 is 5.32 Å². The number of hydrogen-bond acceptors (Lipinski definition) is 3. The van der Waals surface area contributed by atoms with Gasteiger partial charge in [0.15, 0.2) is 0 Å². The molecule has 1 unspecified atom stereocenters. The molecule has 1 atom stereocenters. The first-order valence-corrected chi connectivity index (χ1v) is 12.3. The fourth-order valence-corrected chi connectivity index (χ4v) is 5.59. The predicted molar refractivity (Wildman–Crippen MR) is 129 cm³/mol. The van der Waals surface area contributed by atoms with Gasteiger partial charge in [0.2, 0.25) is 11.8 Å². The molecule has 2 aliphatic rings. The summed E-state index contributed by atoms with van der Waals surface area (Å²) in [4.78, 5) is 27.1. The minimum atomic E-state index is -0.0453. The zero-order valence-corrected chi connectivity index (χ0v) is 19.5. The SMILES string of the molecule is CC(C)(C)c1ccc(N2C(=O)CSC2c2ccc(NC(=O)C3CCCCC3)cc2)cc1. The molecule has 31 heavy (non-hydrogen) atoms. The Morgan fingerprint density at radius 3 is 2.23 bits per heavy atom. The molecule has 2 fully saturated rings. The van der Waals surface area contributed by atoms with Gasteiger partial charge in [-0.25, -0.2) is 0 Å². The van der Waals surface area contributed by atoms with E-state index in [-0.39, 0.29) is 28.5 Å². The lowest BCUT2D eigenvalue weighted by molar-refractivity contribution is -0.120. The number of benzene rings is 2. The minimum absolute atomic E-state index is 0.0453. The van der Waals surface area contributed by atoms with E-state index in [1.54, 1.807) is 11.8 Å². The second kappa shape index (κ2) is 9.07. The summed E-state index contributed by atoms with van der Waals surface area (Å²) >= 11 is 1.65. The van der Waals surface area contributed by atoms with E-state index in [0.717, 1.165) is 42.6 Å². The summed E-state index contributed by atoms with van der Waals surface area (Å²) in [5, 5.41) is 3.03. The van der Waals surface area contributed by atoms with Crippen LogP contribution >= 0.6 is 11.8 Å². The summed E-state index contributed by atoms with van der Waals surface area (Å²) in [7, 11) is 0. The van der Waals surface area contributed by atoms with Gasteiger partial charge in [-0.1, -0.05) is 64.3 Å². The van der Waals surface area contributed by atoms with Gasteiger partial charge in [-0.2, -0.15) is 0 Å². The molecular weight excluding hydrogens is 404 g/mol. The quantitative estimate of drug-likeness (QED) is 0.613. The Morgan fingerprint density at radius 2 is 1.61 bits per heavy atom. The largest absolute Gasteiger partial charge is 0.326 e. The molecule has 4 rings (SSSR count). The van der Waals surface area contributed by atoms with Crippen molar-refractivity contribution in [2.75, 3.05) is 16.0 Å². The lowest BCUT2D eigenvalue weighted by Crippen LogP contribution is -2.28.